The quantitative estimate of drug-likeness (QED) is 0.402. The van der Waals surface area contributed by atoms with Crippen LogP contribution in [0.15, 0.2) is 78.9 Å². The number of rotatable bonds is 6. The van der Waals surface area contributed by atoms with Gasteiger partial charge in [-0.15, -0.1) is 0 Å². The van der Waals surface area contributed by atoms with Crippen molar-refractivity contribution in [2.24, 2.45) is 0 Å². The van der Waals surface area contributed by atoms with Crippen LogP contribution in [0.2, 0.25) is 0 Å². The zero-order valence-electron chi connectivity index (χ0n) is 19.1. The number of aromatic nitrogens is 2. The van der Waals surface area contributed by atoms with Crippen LogP contribution in [0.1, 0.15) is 40.5 Å². The number of aromatic amines is 1. The lowest BCUT2D eigenvalue weighted by Crippen LogP contribution is -2.36. The number of phenols is 1. The number of amides is 1. The Bertz CT molecular complexity index is 1360. The van der Waals surface area contributed by atoms with Gasteiger partial charge >= 0.3 is 0 Å². The number of H-pyrrole nitrogens is 1. The maximum atomic E-state index is 13.6. The van der Waals surface area contributed by atoms with E-state index in [1.807, 2.05) is 71.6 Å². The normalized spacial score (nSPS) is 19.2. The zero-order chi connectivity index (χ0) is 23.8. The number of hydrogen-bond acceptors (Lipinski definition) is 5. The van der Waals surface area contributed by atoms with Gasteiger partial charge in [0, 0.05) is 24.3 Å². The molecule has 1 saturated heterocycles. The van der Waals surface area contributed by atoms with Gasteiger partial charge in [0.1, 0.15) is 28.6 Å². The number of para-hydroxylation sites is 2. The number of carbonyl (C=O) groups is 1. The number of fused-ring (bicyclic) bond motifs is 1. The van der Waals surface area contributed by atoms with Gasteiger partial charge in [-0.3, -0.25) is 9.89 Å². The third-order valence-electron chi connectivity index (χ3n) is 6.60. The minimum Gasteiger partial charge on any atom is -0.507 e. The van der Waals surface area contributed by atoms with Gasteiger partial charge in [-0.1, -0.05) is 42.5 Å². The molecule has 1 fully saturated rings. The van der Waals surface area contributed by atoms with Gasteiger partial charge < -0.3 is 19.5 Å². The first kappa shape index (κ1) is 21.4. The molecule has 4 aromatic rings. The molecule has 2 aliphatic rings. The number of benzene rings is 3. The maximum absolute atomic E-state index is 13.6. The lowest BCUT2D eigenvalue weighted by atomic mass is 9.95. The standard InChI is InChI=1S/C28H25N3O4/c32-23-14-5-4-13-22(23)25-24-26(30-29-25)28(33)31(17-21-12-7-15-34-21)27(24)18-8-6-11-20(16-18)35-19-9-2-1-3-10-19/h1-6,8-11,13-14,16,21,27,32H,7,12,15,17H2,(H,29,30)/t21-,27+/m1/s1. The number of hydrogen-bond donors (Lipinski definition) is 2. The van der Waals surface area contributed by atoms with Gasteiger partial charge in [-0.05, 0) is 54.8 Å². The maximum Gasteiger partial charge on any atom is 0.273 e. The van der Waals surface area contributed by atoms with Crippen LogP contribution in [0.25, 0.3) is 11.3 Å². The third kappa shape index (κ3) is 3.94. The highest BCUT2D eigenvalue weighted by Gasteiger charge is 2.43. The highest BCUT2D eigenvalue weighted by molar-refractivity contribution is 6.00. The number of phenolic OH excluding ortho intramolecular Hbond substituents is 1. The topological polar surface area (TPSA) is 87.7 Å². The fourth-order valence-corrected chi connectivity index (χ4v) is 4.99. The first-order chi connectivity index (χ1) is 17.2. The third-order valence-corrected chi connectivity index (χ3v) is 6.60. The average molecular weight is 468 g/mol. The van der Waals surface area contributed by atoms with Crippen LogP contribution >= 0.6 is 0 Å². The Morgan fingerprint density at radius 3 is 2.63 bits per heavy atom. The molecule has 3 aromatic carbocycles. The molecule has 1 amide bonds. The van der Waals surface area contributed by atoms with Crippen molar-refractivity contribution >= 4 is 5.91 Å². The van der Waals surface area contributed by atoms with Crippen molar-refractivity contribution in [2.45, 2.75) is 25.0 Å². The van der Waals surface area contributed by atoms with Crippen LogP contribution in [-0.2, 0) is 4.74 Å². The Morgan fingerprint density at radius 2 is 1.83 bits per heavy atom. The Morgan fingerprint density at radius 1 is 1.03 bits per heavy atom. The summed E-state index contributed by atoms with van der Waals surface area (Å²) in [6, 6.07) is 24.0. The highest BCUT2D eigenvalue weighted by Crippen LogP contribution is 2.45. The monoisotopic (exact) mass is 467 g/mol. The van der Waals surface area contributed by atoms with E-state index in [0.717, 1.165) is 29.7 Å². The summed E-state index contributed by atoms with van der Waals surface area (Å²) in [6.07, 6.45) is 1.91. The molecule has 6 rings (SSSR count). The predicted octanol–water partition coefficient (Wildman–Crippen LogP) is 5.30. The molecule has 0 spiro atoms. The van der Waals surface area contributed by atoms with E-state index in [0.29, 0.717) is 35.9 Å². The van der Waals surface area contributed by atoms with Crippen LogP contribution in [-0.4, -0.2) is 45.4 Å². The predicted molar refractivity (Wildman–Crippen MR) is 130 cm³/mol. The lowest BCUT2D eigenvalue weighted by Gasteiger charge is -2.28. The van der Waals surface area contributed by atoms with Gasteiger partial charge in [0.15, 0.2) is 0 Å². The molecule has 0 saturated carbocycles. The molecule has 0 aliphatic carbocycles. The van der Waals surface area contributed by atoms with E-state index >= 15 is 0 Å². The van der Waals surface area contributed by atoms with Crippen molar-refractivity contribution in [2.75, 3.05) is 13.2 Å². The lowest BCUT2D eigenvalue weighted by molar-refractivity contribution is 0.0495. The molecule has 176 valence electrons. The molecule has 2 atom stereocenters. The molecule has 0 unspecified atom stereocenters. The largest absolute Gasteiger partial charge is 0.507 e. The molecule has 7 nitrogen and oxygen atoms in total. The Labute approximate surface area is 202 Å². The minimum absolute atomic E-state index is 0.00394. The Balaban J connectivity index is 1.44. The number of ether oxygens (including phenoxy) is 2. The summed E-state index contributed by atoms with van der Waals surface area (Å²) in [5.74, 6) is 1.41. The second kappa shape index (κ2) is 8.92. The number of nitrogens with zero attached hydrogens (tertiary/aromatic N) is 2. The smallest absolute Gasteiger partial charge is 0.273 e. The summed E-state index contributed by atoms with van der Waals surface area (Å²) in [6.45, 7) is 1.20. The second-order valence-electron chi connectivity index (χ2n) is 8.86. The molecule has 2 N–H and O–H groups in total. The summed E-state index contributed by atoms with van der Waals surface area (Å²) in [4.78, 5) is 15.4. The van der Waals surface area contributed by atoms with Crippen molar-refractivity contribution < 1.29 is 19.4 Å². The van der Waals surface area contributed by atoms with E-state index in [9.17, 15) is 9.90 Å². The number of nitrogens with one attached hydrogen (secondary N) is 1. The fourth-order valence-electron chi connectivity index (χ4n) is 4.99. The Hall–Kier alpha value is -4.10. The highest BCUT2D eigenvalue weighted by atomic mass is 16.5. The van der Waals surface area contributed by atoms with E-state index in [2.05, 4.69) is 10.2 Å². The summed E-state index contributed by atoms with van der Waals surface area (Å²) >= 11 is 0. The molecular weight excluding hydrogens is 442 g/mol. The van der Waals surface area contributed by atoms with Crippen molar-refractivity contribution in [3.63, 3.8) is 0 Å². The second-order valence-corrected chi connectivity index (χ2v) is 8.86. The first-order valence-electron chi connectivity index (χ1n) is 11.8. The van der Waals surface area contributed by atoms with Crippen molar-refractivity contribution in [3.05, 3.63) is 95.7 Å². The molecule has 3 heterocycles. The van der Waals surface area contributed by atoms with Crippen LogP contribution in [0.3, 0.4) is 0 Å². The summed E-state index contributed by atoms with van der Waals surface area (Å²) in [5, 5.41) is 18.0. The van der Waals surface area contributed by atoms with E-state index in [4.69, 9.17) is 9.47 Å². The van der Waals surface area contributed by atoms with Crippen LogP contribution in [0.4, 0.5) is 0 Å². The Kier molecular flexibility index (Phi) is 5.47. The van der Waals surface area contributed by atoms with Crippen LogP contribution in [0.5, 0.6) is 17.2 Å². The van der Waals surface area contributed by atoms with Crippen molar-refractivity contribution in [1.29, 1.82) is 0 Å². The minimum atomic E-state index is -0.394. The van der Waals surface area contributed by atoms with E-state index in [1.165, 1.54) is 0 Å². The average Bonchev–Trinajstić information content (AvgIpc) is 3.60. The molecule has 35 heavy (non-hydrogen) atoms. The molecule has 0 bridgehead atoms. The van der Waals surface area contributed by atoms with Crippen molar-refractivity contribution in [1.82, 2.24) is 15.1 Å². The molecule has 7 heteroatoms. The molecule has 1 aromatic heterocycles. The first-order valence-corrected chi connectivity index (χ1v) is 11.8. The van der Waals surface area contributed by atoms with Crippen LogP contribution < -0.4 is 4.74 Å². The van der Waals surface area contributed by atoms with Crippen molar-refractivity contribution in [3.8, 4) is 28.5 Å². The van der Waals surface area contributed by atoms with Gasteiger partial charge in [-0.2, -0.15) is 5.10 Å². The SMILES string of the molecule is O=C1c2[nH]nc(-c3ccccc3O)c2[C@H](c2cccc(Oc3ccccc3)c2)N1C[C@H]1CCCO1. The molecule has 0 radical (unpaired) electrons. The van der Waals surface area contributed by atoms with E-state index in [1.54, 1.807) is 12.1 Å². The van der Waals surface area contributed by atoms with Gasteiger partial charge in [-0.25, -0.2) is 0 Å². The summed E-state index contributed by atoms with van der Waals surface area (Å²) < 4.78 is 12.0. The van der Waals surface area contributed by atoms with E-state index < -0.39 is 6.04 Å². The summed E-state index contributed by atoms with van der Waals surface area (Å²) in [5.41, 5.74) is 3.26. The van der Waals surface area contributed by atoms with Gasteiger partial charge in [0.05, 0.1) is 12.1 Å². The van der Waals surface area contributed by atoms with Crippen LogP contribution in [0, 0.1) is 0 Å². The molecule has 2 aliphatic heterocycles. The fraction of sp³-hybridized carbons (Fsp3) is 0.214. The zero-order valence-corrected chi connectivity index (χ0v) is 19.1. The van der Waals surface area contributed by atoms with E-state index in [-0.39, 0.29) is 17.8 Å². The number of aromatic hydroxyl groups is 1. The summed E-state index contributed by atoms with van der Waals surface area (Å²) in [7, 11) is 0. The van der Waals surface area contributed by atoms with Gasteiger partial charge in [0.25, 0.3) is 5.91 Å². The number of carbonyl (C=O) groups excluding carboxylic acids is 1. The molecular formula is C28H25N3O4. The van der Waals surface area contributed by atoms with Gasteiger partial charge in [0.2, 0.25) is 0 Å².